The summed E-state index contributed by atoms with van der Waals surface area (Å²) in [6.45, 7) is 2.14. The van der Waals surface area contributed by atoms with E-state index in [1.807, 2.05) is 24.3 Å². The topological polar surface area (TPSA) is 46.2 Å². The maximum absolute atomic E-state index is 9.54. The number of nitrogen functional groups attached to an aromatic ring is 1. The van der Waals surface area contributed by atoms with E-state index in [-0.39, 0.29) is 0 Å². The van der Waals surface area contributed by atoms with Gasteiger partial charge in [0.2, 0.25) is 0 Å². The SMILES string of the molecule is Cc1cccc(N)c1C1CCc2cc(O)ccc2C1. The van der Waals surface area contributed by atoms with Gasteiger partial charge in [-0.3, -0.25) is 0 Å². The normalized spacial score (nSPS) is 18.1. The molecular formula is C17H19NO. The Morgan fingerprint density at radius 1 is 1.16 bits per heavy atom. The summed E-state index contributed by atoms with van der Waals surface area (Å²) < 4.78 is 0. The molecule has 0 aliphatic heterocycles. The van der Waals surface area contributed by atoms with Gasteiger partial charge in [0.15, 0.2) is 0 Å². The molecule has 2 heteroatoms. The number of nitrogens with two attached hydrogens (primary N) is 1. The lowest BCUT2D eigenvalue weighted by Crippen LogP contribution is -2.15. The summed E-state index contributed by atoms with van der Waals surface area (Å²) in [5.41, 5.74) is 12.3. The Morgan fingerprint density at radius 2 is 2.00 bits per heavy atom. The highest BCUT2D eigenvalue weighted by atomic mass is 16.3. The van der Waals surface area contributed by atoms with Crippen molar-refractivity contribution < 1.29 is 5.11 Å². The third kappa shape index (κ3) is 2.19. The molecule has 3 N–H and O–H groups in total. The first-order chi connectivity index (χ1) is 9.15. The number of fused-ring (bicyclic) bond motifs is 1. The van der Waals surface area contributed by atoms with Crippen molar-refractivity contribution in [1.29, 1.82) is 0 Å². The lowest BCUT2D eigenvalue weighted by Gasteiger charge is -2.27. The minimum atomic E-state index is 0.368. The van der Waals surface area contributed by atoms with Crippen LogP contribution in [0.4, 0.5) is 5.69 Å². The van der Waals surface area contributed by atoms with Gasteiger partial charge in [-0.1, -0.05) is 18.2 Å². The van der Waals surface area contributed by atoms with Crippen molar-refractivity contribution in [2.75, 3.05) is 5.73 Å². The number of anilines is 1. The Labute approximate surface area is 113 Å². The summed E-state index contributed by atoms with van der Waals surface area (Å²) >= 11 is 0. The van der Waals surface area contributed by atoms with Crippen LogP contribution in [0.2, 0.25) is 0 Å². The second kappa shape index (κ2) is 4.61. The molecule has 2 nitrogen and oxygen atoms in total. The Balaban J connectivity index is 1.96. The number of phenolic OH excluding ortho intramolecular Hbond substituents is 1. The van der Waals surface area contributed by atoms with E-state index in [1.54, 1.807) is 6.07 Å². The standard InChI is InChI=1S/C17H19NO/c1-11-3-2-4-16(18)17(11)14-6-5-13-10-15(19)8-7-12(13)9-14/h2-4,7-8,10,14,19H,5-6,9,18H2,1H3. The molecule has 1 atom stereocenters. The van der Waals surface area contributed by atoms with Crippen molar-refractivity contribution in [2.24, 2.45) is 0 Å². The lowest BCUT2D eigenvalue weighted by molar-refractivity contribution is 0.472. The van der Waals surface area contributed by atoms with Crippen molar-refractivity contribution in [3.8, 4) is 5.75 Å². The highest BCUT2D eigenvalue weighted by Gasteiger charge is 2.23. The molecule has 0 saturated carbocycles. The van der Waals surface area contributed by atoms with E-state index in [0.29, 0.717) is 11.7 Å². The van der Waals surface area contributed by atoms with Gasteiger partial charge in [-0.25, -0.2) is 0 Å². The van der Waals surface area contributed by atoms with Crippen LogP contribution in [0, 0.1) is 6.92 Å². The first kappa shape index (κ1) is 12.1. The van der Waals surface area contributed by atoms with Gasteiger partial charge in [0.25, 0.3) is 0 Å². The van der Waals surface area contributed by atoms with E-state index in [1.165, 1.54) is 22.3 Å². The predicted molar refractivity (Wildman–Crippen MR) is 78.5 cm³/mol. The van der Waals surface area contributed by atoms with Gasteiger partial charge in [-0.05, 0) is 72.6 Å². The summed E-state index contributed by atoms with van der Waals surface area (Å²) in [4.78, 5) is 0. The monoisotopic (exact) mass is 253 g/mol. The third-order valence-electron chi connectivity index (χ3n) is 4.18. The molecule has 1 unspecified atom stereocenters. The second-order valence-electron chi connectivity index (χ2n) is 5.47. The van der Waals surface area contributed by atoms with Crippen LogP contribution < -0.4 is 5.73 Å². The zero-order valence-corrected chi connectivity index (χ0v) is 11.2. The molecule has 1 aliphatic rings. The quantitative estimate of drug-likeness (QED) is 0.763. The lowest BCUT2D eigenvalue weighted by atomic mass is 9.78. The summed E-state index contributed by atoms with van der Waals surface area (Å²) in [5, 5.41) is 9.54. The fourth-order valence-corrected chi connectivity index (χ4v) is 3.25. The van der Waals surface area contributed by atoms with Gasteiger partial charge in [-0.15, -0.1) is 0 Å². The summed E-state index contributed by atoms with van der Waals surface area (Å²) in [6, 6.07) is 11.9. The molecule has 0 fully saturated rings. The van der Waals surface area contributed by atoms with Gasteiger partial charge in [0.05, 0.1) is 0 Å². The average Bonchev–Trinajstić information content (AvgIpc) is 2.38. The zero-order chi connectivity index (χ0) is 13.4. The highest BCUT2D eigenvalue weighted by molar-refractivity contribution is 5.54. The molecule has 2 aromatic rings. The molecular weight excluding hydrogens is 234 g/mol. The number of hydrogen-bond acceptors (Lipinski definition) is 2. The molecule has 3 rings (SSSR count). The van der Waals surface area contributed by atoms with Crippen molar-refractivity contribution >= 4 is 5.69 Å². The van der Waals surface area contributed by atoms with Crippen LogP contribution in [0.25, 0.3) is 0 Å². The van der Waals surface area contributed by atoms with E-state index < -0.39 is 0 Å². The third-order valence-corrected chi connectivity index (χ3v) is 4.18. The van der Waals surface area contributed by atoms with Crippen LogP contribution in [0.1, 0.15) is 34.6 Å². The molecule has 0 aromatic heterocycles. The molecule has 0 heterocycles. The van der Waals surface area contributed by atoms with Crippen molar-refractivity contribution in [3.63, 3.8) is 0 Å². The van der Waals surface area contributed by atoms with Crippen LogP contribution in [0.5, 0.6) is 5.75 Å². The minimum absolute atomic E-state index is 0.368. The van der Waals surface area contributed by atoms with Crippen LogP contribution in [-0.2, 0) is 12.8 Å². The number of aryl methyl sites for hydroxylation is 2. The largest absolute Gasteiger partial charge is 0.508 e. The zero-order valence-electron chi connectivity index (χ0n) is 11.2. The van der Waals surface area contributed by atoms with Crippen LogP contribution in [0.3, 0.4) is 0 Å². The maximum Gasteiger partial charge on any atom is 0.115 e. The number of hydrogen-bond donors (Lipinski definition) is 2. The van der Waals surface area contributed by atoms with Crippen molar-refractivity contribution in [3.05, 3.63) is 58.7 Å². The molecule has 1 aliphatic carbocycles. The van der Waals surface area contributed by atoms with Gasteiger partial charge < -0.3 is 10.8 Å². The van der Waals surface area contributed by atoms with E-state index in [4.69, 9.17) is 5.73 Å². The number of aromatic hydroxyl groups is 1. The van der Waals surface area contributed by atoms with Crippen molar-refractivity contribution in [1.82, 2.24) is 0 Å². The minimum Gasteiger partial charge on any atom is -0.508 e. The molecule has 19 heavy (non-hydrogen) atoms. The van der Waals surface area contributed by atoms with Gasteiger partial charge >= 0.3 is 0 Å². The van der Waals surface area contributed by atoms with Crippen LogP contribution in [-0.4, -0.2) is 5.11 Å². The Hall–Kier alpha value is -1.96. The van der Waals surface area contributed by atoms with E-state index in [2.05, 4.69) is 13.0 Å². The number of benzene rings is 2. The van der Waals surface area contributed by atoms with E-state index in [9.17, 15) is 5.11 Å². The van der Waals surface area contributed by atoms with Crippen LogP contribution >= 0.6 is 0 Å². The number of phenols is 1. The van der Waals surface area contributed by atoms with Gasteiger partial charge in [0, 0.05) is 5.69 Å². The Kier molecular flexibility index (Phi) is 2.94. The predicted octanol–water partition coefficient (Wildman–Crippen LogP) is 3.56. The van der Waals surface area contributed by atoms with E-state index >= 15 is 0 Å². The second-order valence-corrected chi connectivity index (χ2v) is 5.47. The molecule has 98 valence electrons. The fourth-order valence-electron chi connectivity index (χ4n) is 3.25. The molecule has 0 spiro atoms. The molecule has 0 amide bonds. The highest BCUT2D eigenvalue weighted by Crippen LogP contribution is 2.37. The smallest absolute Gasteiger partial charge is 0.115 e. The first-order valence-electron chi connectivity index (χ1n) is 6.81. The fraction of sp³-hybridized carbons (Fsp3) is 0.294. The average molecular weight is 253 g/mol. The Morgan fingerprint density at radius 3 is 2.79 bits per heavy atom. The molecule has 2 aromatic carbocycles. The van der Waals surface area contributed by atoms with Crippen molar-refractivity contribution in [2.45, 2.75) is 32.1 Å². The summed E-state index contributed by atoms with van der Waals surface area (Å²) in [7, 11) is 0. The van der Waals surface area contributed by atoms with Crippen LogP contribution in [0.15, 0.2) is 36.4 Å². The van der Waals surface area contributed by atoms with Gasteiger partial charge in [-0.2, -0.15) is 0 Å². The first-order valence-corrected chi connectivity index (χ1v) is 6.81. The summed E-state index contributed by atoms with van der Waals surface area (Å²) in [6.07, 6.45) is 3.14. The molecule has 0 radical (unpaired) electrons. The maximum atomic E-state index is 9.54. The summed E-state index contributed by atoms with van der Waals surface area (Å²) in [5.74, 6) is 0.867. The van der Waals surface area contributed by atoms with E-state index in [0.717, 1.165) is 24.9 Å². The number of rotatable bonds is 1. The molecule has 0 saturated heterocycles. The molecule has 0 bridgehead atoms. The van der Waals surface area contributed by atoms with Gasteiger partial charge in [0.1, 0.15) is 5.75 Å². The Bertz CT molecular complexity index is 598.